The topological polar surface area (TPSA) is 65.5 Å². The lowest BCUT2D eigenvalue weighted by atomic mass is 9.97. The van der Waals surface area contributed by atoms with Gasteiger partial charge in [0, 0.05) is 5.56 Å². The highest BCUT2D eigenvalue weighted by Gasteiger charge is 2.16. The van der Waals surface area contributed by atoms with Gasteiger partial charge >= 0.3 is 0 Å². The third-order valence-corrected chi connectivity index (χ3v) is 3.20. The van der Waals surface area contributed by atoms with Crippen LogP contribution in [0.15, 0.2) is 34.7 Å². The first-order chi connectivity index (χ1) is 9.56. The van der Waals surface area contributed by atoms with Crippen molar-refractivity contribution in [3.05, 3.63) is 53.0 Å². The maximum atomic E-state index is 12.4. The molecule has 0 spiro atoms. The van der Waals surface area contributed by atoms with E-state index in [1.54, 1.807) is 25.3 Å². The van der Waals surface area contributed by atoms with Gasteiger partial charge in [-0.1, -0.05) is 13.8 Å². The van der Waals surface area contributed by atoms with Gasteiger partial charge in [0.2, 0.25) is 5.78 Å². The molecule has 20 heavy (non-hydrogen) atoms. The summed E-state index contributed by atoms with van der Waals surface area (Å²) in [5, 5.41) is 0. The summed E-state index contributed by atoms with van der Waals surface area (Å²) in [7, 11) is 1.63. The van der Waals surface area contributed by atoms with Crippen molar-refractivity contribution in [3.8, 4) is 5.75 Å². The Morgan fingerprint density at radius 1 is 1.30 bits per heavy atom. The van der Waals surface area contributed by atoms with Crippen LogP contribution in [0.5, 0.6) is 5.75 Å². The molecule has 0 unspecified atom stereocenters. The molecule has 2 N–H and O–H groups in total. The Kier molecular flexibility index (Phi) is 4.25. The summed E-state index contributed by atoms with van der Waals surface area (Å²) < 4.78 is 10.7. The number of hydrogen-bond donors (Lipinski definition) is 1. The number of carbonyl (C=O) groups is 1. The van der Waals surface area contributed by atoms with E-state index in [1.807, 2.05) is 12.1 Å². The Morgan fingerprint density at radius 2 is 2.05 bits per heavy atom. The zero-order valence-electron chi connectivity index (χ0n) is 12.0. The number of carbonyl (C=O) groups excluding carboxylic acids is 1. The molecule has 0 radical (unpaired) electrons. The molecule has 0 amide bonds. The molecule has 0 atom stereocenters. The maximum absolute atomic E-state index is 12.4. The monoisotopic (exact) mass is 273 g/mol. The van der Waals surface area contributed by atoms with Crippen LogP contribution in [-0.4, -0.2) is 12.9 Å². The van der Waals surface area contributed by atoms with E-state index in [1.165, 1.54) is 0 Å². The highest BCUT2D eigenvalue weighted by Crippen LogP contribution is 2.28. The normalized spacial score (nSPS) is 10.8. The van der Waals surface area contributed by atoms with Crippen LogP contribution in [0.3, 0.4) is 0 Å². The van der Waals surface area contributed by atoms with Gasteiger partial charge in [-0.15, -0.1) is 0 Å². The highest BCUT2D eigenvalue weighted by atomic mass is 16.5. The van der Waals surface area contributed by atoms with Crippen LogP contribution in [-0.2, 0) is 6.54 Å². The summed E-state index contributed by atoms with van der Waals surface area (Å²) in [6.07, 6.45) is 0. The Hall–Kier alpha value is -2.07. The van der Waals surface area contributed by atoms with Gasteiger partial charge in [0.05, 0.1) is 13.7 Å². The van der Waals surface area contributed by atoms with E-state index in [9.17, 15) is 4.79 Å². The molecule has 0 saturated heterocycles. The van der Waals surface area contributed by atoms with Crippen molar-refractivity contribution in [2.24, 2.45) is 5.73 Å². The lowest BCUT2D eigenvalue weighted by Crippen LogP contribution is -2.03. The predicted molar refractivity (Wildman–Crippen MR) is 77.1 cm³/mol. The molecule has 4 nitrogen and oxygen atoms in total. The Balaban J connectivity index is 2.37. The van der Waals surface area contributed by atoms with Crippen LogP contribution in [0.2, 0.25) is 0 Å². The molecule has 2 rings (SSSR count). The van der Waals surface area contributed by atoms with Crippen molar-refractivity contribution in [2.45, 2.75) is 26.3 Å². The first kappa shape index (κ1) is 14.3. The molecule has 0 aliphatic rings. The SMILES string of the molecule is COc1ccc(C(=O)c2ccc(CN)o2)cc1C(C)C. The van der Waals surface area contributed by atoms with E-state index in [2.05, 4.69) is 13.8 Å². The molecule has 0 aliphatic heterocycles. The smallest absolute Gasteiger partial charge is 0.228 e. The lowest BCUT2D eigenvalue weighted by Gasteiger charge is -2.12. The fraction of sp³-hybridized carbons (Fsp3) is 0.312. The quantitative estimate of drug-likeness (QED) is 0.850. The number of ether oxygens (including phenoxy) is 1. The Bertz CT molecular complexity index is 614. The minimum Gasteiger partial charge on any atom is -0.496 e. The Labute approximate surface area is 118 Å². The molecule has 0 saturated carbocycles. The number of hydrogen-bond acceptors (Lipinski definition) is 4. The summed E-state index contributed by atoms with van der Waals surface area (Å²) in [4.78, 5) is 12.4. The van der Waals surface area contributed by atoms with Crippen LogP contribution in [0.4, 0.5) is 0 Å². The third-order valence-electron chi connectivity index (χ3n) is 3.20. The van der Waals surface area contributed by atoms with Crippen LogP contribution in [0, 0.1) is 0 Å². The number of methoxy groups -OCH3 is 1. The molecular weight excluding hydrogens is 254 g/mol. The molecule has 1 heterocycles. The van der Waals surface area contributed by atoms with Crippen molar-refractivity contribution < 1.29 is 13.9 Å². The summed E-state index contributed by atoms with van der Waals surface area (Å²) in [6, 6.07) is 8.80. The third kappa shape index (κ3) is 2.75. The number of furan rings is 1. The summed E-state index contributed by atoms with van der Waals surface area (Å²) >= 11 is 0. The molecule has 0 bridgehead atoms. The summed E-state index contributed by atoms with van der Waals surface area (Å²) in [6.45, 7) is 4.41. The number of ketones is 1. The van der Waals surface area contributed by atoms with Crippen molar-refractivity contribution in [1.82, 2.24) is 0 Å². The minimum absolute atomic E-state index is 0.144. The molecule has 0 aliphatic carbocycles. The predicted octanol–water partition coefficient (Wildman–Crippen LogP) is 3.10. The van der Waals surface area contributed by atoms with E-state index < -0.39 is 0 Å². The van der Waals surface area contributed by atoms with Gasteiger partial charge < -0.3 is 14.9 Å². The van der Waals surface area contributed by atoms with Gasteiger partial charge in [-0.3, -0.25) is 4.79 Å². The second kappa shape index (κ2) is 5.92. The van der Waals surface area contributed by atoms with Gasteiger partial charge in [0.25, 0.3) is 0 Å². The van der Waals surface area contributed by atoms with Crippen molar-refractivity contribution in [3.63, 3.8) is 0 Å². The van der Waals surface area contributed by atoms with E-state index in [0.717, 1.165) is 11.3 Å². The van der Waals surface area contributed by atoms with E-state index in [0.29, 0.717) is 17.1 Å². The fourth-order valence-electron chi connectivity index (χ4n) is 2.08. The number of benzene rings is 1. The summed E-state index contributed by atoms with van der Waals surface area (Å²) in [5.41, 5.74) is 7.08. The highest BCUT2D eigenvalue weighted by molar-refractivity contribution is 6.07. The van der Waals surface area contributed by atoms with Crippen molar-refractivity contribution >= 4 is 5.78 Å². The number of nitrogens with two attached hydrogens (primary N) is 1. The first-order valence-electron chi connectivity index (χ1n) is 6.58. The first-order valence-corrected chi connectivity index (χ1v) is 6.58. The Morgan fingerprint density at radius 3 is 2.60 bits per heavy atom. The summed E-state index contributed by atoms with van der Waals surface area (Å²) in [5.74, 6) is 1.83. The van der Waals surface area contributed by atoms with Crippen LogP contribution < -0.4 is 10.5 Å². The van der Waals surface area contributed by atoms with Gasteiger partial charge in [-0.2, -0.15) is 0 Å². The van der Waals surface area contributed by atoms with E-state index in [-0.39, 0.29) is 18.2 Å². The van der Waals surface area contributed by atoms with E-state index in [4.69, 9.17) is 14.9 Å². The standard InChI is InChI=1S/C16H19NO3/c1-10(2)13-8-11(4-6-14(13)19-3)16(18)15-7-5-12(9-17)20-15/h4-8,10H,9,17H2,1-3H3. The van der Waals surface area contributed by atoms with Crippen LogP contribution >= 0.6 is 0 Å². The minimum atomic E-state index is -0.144. The second-order valence-corrected chi connectivity index (χ2v) is 4.91. The van der Waals surface area contributed by atoms with Gasteiger partial charge in [-0.25, -0.2) is 0 Å². The van der Waals surface area contributed by atoms with Gasteiger partial charge in [0.1, 0.15) is 11.5 Å². The average Bonchev–Trinajstić information content (AvgIpc) is 2.94. The zero-order valence-corrected chi connectivity index (χ0v) is 12.0. The molecular formula is C16H19NO3. The molecule has 1 aromatic heterocycles. The maximum Gasteiger partial charge on any atom is 0.228 e. The van der Waals surface area contributed by atoms with Crippen LogP contribution in [0.25, 0.3) is 0 Å². The van der Waals surface area contributed by atoms with Gasteiger partial charge in [-0.05, 0) is 41.8 Å². The second-order valence-electron chi connectivity index (χ2n) is 4.91. The molecule has 0 fully saturated rings. The largest absolute Gasteiger partial charge is 0.496 e. The lowest BCUT2D eigenvalue weighted by molar-refractivity contribution is 0.101. The number of rotatable bonds is 5. The molecule has 2 aromatic rings. The van der Waals surface area contributed by atoms with Crippen LogP contribution in [0.1, 0.15) is 47.2 Å². The van der Waals surface area contributed by atoms with Crippen molar-refractivity contribution in [1.29, 1.82) is 0 Å². The van der Waals surface area contributed by atoms with Gasteiger partial charge in [0.15, 0.2) is 5.76 Å². The average molecular weight is 273 g/mol. The molecule has 4 heteroatoms. The van der Waals surface area contributed by atoms with E-state index >= 15 is 0 Å². The zero-order chi connectivity index (χ0) is 14.7. The molecule has 1 aromatic carbocycles. The fourth-order valence-corrected chi connectivity index (χ4v) is 2.08. The van der Waals surface area contributed by atoms with Crippen molar-refractivity contribution in [2.75, 3.05) is 7.11 Å². The molecule has 106 valence electrons.